The lowest BCUT2D eigenvalue weighted by Crippen LogP contribution is -2.11. The van der Waals surface area contributed by atoms with Crippen LogP contribution in [0.4, 0.5) is 13.2 Å². The number of nitrogens with zero attached hydrogens (tertiary/aromatic N) is 5. The van der Waals surface area contributed by atoms with E-state index in [4.69, 9.17) is 5.26 Å². The summed E-state index contributed by atoms with van der Waals surface area (Å²) in [6.07, 6.45) is -4.62. The molecule has 0 aliphatic heterocycles. The average molecular weight is 309 g/mol. The van der Waals surface area contributed by atoms with Crippen molar-refractivity contribution < 1.29 is 13.2 Å². The molecule has 3 aromatic rings. The number of halogens is 3. The summed E-state index contributed by atoms with van der Waals surface area (Å²) in [4.78, 5) is 4.26. The highest BCUT2D eigenvalue weighted by Gasteiger charge is 2.38. The monoisotopic (exact) mass is 309 g/mol. The topological polar surface area (TPSA) is 66.9 Å². The third kappa shape index (κ3) is 2.27. The highest BCUT2D eigenvalue weighted by Crippen LogP contribution is 2.32. The summed E-state index contributed by atoms with van der Waals surface area (Å²) >= 11 is 1.03. The summed E-state index contributed by atoms with van der Waals surface area (Å²) in [6, 6.07) is 8.33. The summed E-state index contributed by atoms with van der Waals surface area (Å²) in [5.41, 5.74) is 0.656. The lowest BCUT2D eigenvalue weighted by molar-refractivity contribution is -0.145. The number of fused-ring (bicyclic) bond motifs is 3. The highest BCUT2D eigenvalue weighted by molar-refractivity contribution is 7.99. The maximum absolute atomic E-state index is 13.1. The van der Waals surface area contributed by atoms with Gasteiger partial charge in [0.05, 0.1) is 22.9 Å². The van der Waals surface area contributed by atoms with Gasteiger partial charge in [-0.1, -0.05) is 23.9 Å². The molecular weight excluding hydrogens is 303 g/mol. The van der Waals surface area contributed by atoms with Crippen LogP contribution in [0.25, 0.3) is 16.7 Å². The first-order chi connectivity index (χ1) is 10.0. The van der Waals surface area contributed by atoms with Gasteiger partial charge in [-0.3, -0.25) is 4.40 Å². The first-order valence-corrected chi connectivity index (χ1v) is 6.72. The fourth-order valence-electron chi connectivity index (χ4n) is 1.94. The van der Waals surface area contributed by atoms with Crippen LogP contribution in [0.15, 0.2) is 29.3 Å². The van der Waals surface area contributed by atoms with E-state index in [9.17, 15) is 13.2 Å². The maximum atomic E-state index is 13.1. The van der Waals surface area contributed by atoms with Crippen LogP contribution in [-0.4, -0.2) is 25.3 Å². The molecule has 0 saturated heterocycles. The Morgan fingerprint density at radius 3 is 2.71 bits per heavy atom. The zero-order valence-electron chi connectivity index (χ0n) is 10.3. The van der Waals surface area contributed by atoms with Crippen LogP contribution in [0.1, 0.15) is 5.82 Å². The van der Waals surface area contributed by atoms with E-state index in [2.05, 4.69) is 15.2 Å². The maximum Gasteiger partial charge on any atom is 0.452 e. The van der Waals surface area contributed by atoms with Gasteiger partial charge in [0.25, 0.3) is 0 Å². The molecule has 5 nitrogen and oxygen atoms in total. The minimum atomic E-state index is -4.62. The van der Waals surface area contributed by atoms with E-state index in [0.29, 0.717) is 5.52 Å². The van der Waals surface area contributed by atoms with Crippen molar-refractivity contribution in [3.05, 3.63) is 30.1 Å². The first-order valence-electron chi connectivity index (χ1n) is 5.73. The Bertz CT molecular complexity index is 865. The molecule has 0 unspecified atom stereocenters. The molecule has 0 atom stereocenters. The van der Waals surface area contributed by atoms with Crippen molar-refractivity contribution >= 4 is 28.4 Å². The molecule has 0 saturated carbocycles. The number of alkyl halides is 3. The molecule has 106 valence electrons. The summed E-state index contributed by atoms with van der Waals surface area (Å²) in [5.74, 6) is -1.04. The van der Waals surface area contributed by atoms with Gasteiger partial charge in [0.2, 0.25) is 5.82 Å². The Hall–Kier alpha value is -2.34. The lowest BCUT2D eigenvalue weighted by Gasteiger charge is -2.08. The van der Waals surface area contributed by atoms with Crippen LogP contribution in [0.5, 0.6) is 0 Å². The fourth-order valence-corrected chi connectivity index (χ4v) is 2.56. The van der Waals surface area contributed by atoms with E-state index >= 15 is 0 Å². The molecule has 21 heavy (non-hydrogen) atoms. The van der Waals surface area contributed by atoms with Crippen molar-refractivity contribution in [3.63, 3.8) is 0 Å². The smallest absolute Gasteiger partial charge is 0.267 e. The highest BCUT2D eigenvalue weighted by atomic mass is 32.2. The Labute approximate surface area is 120 Å². The normalized spacial score (nSPS) is 11.9. The number of para-hydroxylation sites is 2. The number of rotatable bonds is 2. The Balaban J connectivity index is 2.40. The third-order valence-corrected chi connectivity index (χ3v) is 3.55. The van der Waals surface area contributed by atoms with Crippen LogP contribution in [-0.2, 0) is 6.18 Å². The third-order valence-electron chi connectivity index (χ3n) is 2.73. The molecule has 2 aromatic heterocycles. The number of thioether (sulfide) groups is 1. The van der Waals surface area contributed by atoms with Gasteiger partial charge < -0.3 is 0 Å². The van der Waals surface area contributed by atoms with E-state index in [-0.39, 0.29) is 21.9 Å². The van der Waals surface area contributed by atoms with E-state index in [1.54, 1.807) is 18.2 Å². The molecule has 0 aliphatic rings. The van der Waals surface area contributed by atoms with E-state index in [0.717, 1.165) is 16.2 Å². The standard InChI is InChI=1S/C12H6F3N5S/c13-12(14,15)11-19-18-9-10(21-6-5-16)17-7-3-1-2-4-8(7)20(9)11/h1-4H,6H2. The largest absolute Gasteiger partial charge is 0.452 e. The molecular formula is C12H6F3N5S. The molecule has 0 bridgehead atoms. The Kier molecular flexibility index (Phi) is 3.17. The van der Waals surface area contributed by atoms with Crippen molar-refractivity contribution in [2.24, 2.45) is 0 Å². The quantitative estimate of drug-likeness (QED) is 0.681. The number of hydrogen-bond acceptors (Lipinski definition) is 5. The van der Waals surface area contributed by atoms with Crippen LogP contribution in [0.3, 0.4) is 0 Å². The molecule has 9 heteroatoms. The molecule has 0 radical (unpaired) electrons. The number of hydrogen-bond donors (Lipinski definition) is 0. The van der Waals surface area contributed by atoms with Gasteiger partial charge in [-0.25, -0.2) is 4.98 Å². The molecule has 0 spiro atoms. The van der Waals surface area contributed by atoms with Crippen molar-refractivity contribution in [1.29, 1.82) is 5.26 Å². The number of nitriles is 1. The van der Waals surface area contributed by atoms with Crippen molar-refractivity contribution in [3.8, 4) is 6.07 Å². The van der Waals surface area contributed by atoms with Gasteiger partial charge in [0, 0.05) is 0 Å². The average Bonchev–Trinajstić information content (AvgIpc) is 2.90. The predicted molar refractivity (Wildman–Crippen MR) is 69.6 cm³/mol. The summed E-state index contributed by atoms with van der Waals surface area (Å²) in [6.45, 7) is 0. The fraction of sp³-hybridized carbons (Fsp3) is 0.167. The van der Waals surface area contributed by atoms with Gasteiger partial charge in [-0.15, -0.1) is 10.2 Å². The zero-order valence-corrected chi connectivity index (χ0v) is 11.1. The van der Waals surface area contributed by atoms with Gasteiger partial charge in [0.1, 0.15) is 5.03 Å². The molecule has 1 aromatic carbocycles. The Morgan fingerprint density at radius 1 is 1.24 bits per heavy atom. The zero-order chi connectivity index (χ0) is 15.0. The molecule has 0 aliphatic carbocycles. The van der Waals surface area contributed by atoms with Gasteiger partial charge in [0.15, 0.2) is 5.65 Å². The van der Waals surface area contributed by atoms with E-state index in [1.807, 2.05) is 6.07 Å². The van der Waals surface area contributed by atoms with Gasteiger partial charge in [-0.05, 0) is 12.1 Å². The van der Waals surface area contributed by atoms with Crippen molar-refractivity contribution in [2.75, 3.05) is 5.75 Å². The number of aromatic nitrogens is 4. The molecule has 2 heterocycles. The van der Waals surface area contributed by atoms with Gasteiger partial charge in [-0.2, -0.15) is 18.4 Å². The molecule has 0 amide bonds. The second kappa shape index (κ2) is 4.89. The van der Waals surface area contributed by atoms with Crippen LogP contribution in [0, 0.1) is 11.3 Å². The SMILES string of the molecule is N#CCSc1nc2ccccc2n2c(C(F)(F)F)nnc12. The van der Waals surface area contributed by atoms with Crippen LogP contribution < -0.4 is 0 Å². The lowest BCUT2D eigenvalue weighted by atomic mass is 10.3. The first kappa shape index (κ1) is 13.6. The van der Waals surface area contributed by atoms with Crippen molar-refractivity contribution in [1.82, 2.24) is 19.6 Å². The Morgan fingerprint density at radius 2 is 2.00 bits per heavy atom. The molecule has 0 fully saturated rings. The predicted octanol–water partition coefficient (Wildman–Crippen LogP) is 2.91. The summed E-state index contributed by atoms with van der Waals surface area (Å²) in [5, 5.41) is 15.7. The second-order valence-electron chi connectivity index (χ2n) is 4.03. The summed E-state index contributed by atoms with van der Waals surface area (Å²) < 4.78 is 40.1. The van der Waals surface area contributed by atoms with E-state index in [1.165, 1.54) is 6.07 Å². The van der Waals surface area contributed by atoms with Crippen LogP contribution >= 0.6 is 11.8 Å². The van der Waals surface area contributed by atoms with Crippen molar-refractivity contribution in [2.45, 2.75) is 11.2 Å². The van der Waals surface area contributed by atoms with E-state index < -0.39 is 12.0 Å². The molecule has 3 rings (SSSR count). The molecule has 0 N–H and O–H groups in total. The number of benzene rings is 1. The minimum absolute atomic E-state index is 0.00118. The summed E-state index contributed by atoms with van der Waals surface area (Å²) in [7, 11) is 0. The van der Waals surface area contributed by atoms with Gasteiger partial charge >= 0.3 is 6.18 Å². The van der Waals surface area contributed by atoms with Crippen LogP contribution in [0.2, 0.25) is 0 Å². The second-order valence-corrected chi connectivity index (χ2v) is 5.00. The minimum Gasteiger partial charge on any atom is -0.267 e.